The summed E-state index contributed by atoms with van der Waals surface area (Å²) >= 11 is 0. The Labute approximate surface area is 121 Å². The Balaban J connectivity index is 3.17. The van der Waals surface area contributed by atoms with Gasteiger partial charge in [0.2, 0.25) is 5.91 Å². The lowest BCUT2D eigenvalue weighted by Crippen LogP contribution is -2.19. The van der Waals surface area contributed by atoms with E-state index in [1.165, 1.54) is 26.2 Å². The highest BCUT2D eigenvalue weighted by molar-refractivity contribution is 5.93. The Morgan fingerprint density at radius 1 is 1.43 bits per heavy atom. The third-order valence-electron chi connectivity index (χ3n) is 2.82. The van der Waals surface area contributed by atoms with E-state index in [1.54, 1.807) is 19.1 Å². The molecule has 0 aliphatic carbocycles. The summed E-state index contributed by atoms with van der Waals surface area (Å²) in [7, 11) is 1.22. The zero-order chi connectivity index (χ0) is 16.0. The van der Waals surface area contributed by atoms with Crippen LogP contribution in [-0.4, -0.2) is 30.5 Å². The number of hydrogen-bond donors (Lipinski definition) is 1. The van der Waals surface area contributed by atoms with Crippen LogP contribution >= 0.6 is 0 Å². The quantitative estimate of drug-likeness (QED) is 0.507. The average Bonchev–Trinajstić information content (AvgIpc) is 2.43. The monoisotopic (exact) mass is 292 g/mol. The van der Waals surface area contributed by atoms with Gasteiger partial charge in [-0.3, -0.25) is 14.9 Å². The van der Waals surface area contributed by atoms with Crippen molar-refractivity contribution in [3.8, 4) is 0 Å². The number of esters is 1. The first-order chi connectivity index (χ1) is 9.86. The van der Waals surface area contributed by atoms with E-state index in [0.29, 0.717) is 17.7 Å². The Morgan fingerprint density at radius 3 is 2.62 bits per heavy atom. The number of nitro groups is 1. The molecular formula is C14H16N2O5. The van der Waals surface area contributed by atoms with Gasteiger partial charge in [-0.25, -0.2) is 4.79 Å². The number of ether oxygens (including phenoxy) is 1. The molecule has 0 saturated heterocycles. The van der Waals surface area contributed by atoms with Crippen molar-refractivity contribution in [2.45, 2.75) is 13.8 Å². The molecule has 7 nitrogen and oxygen atoms in total. The molecule has 0 spiro atoms. The molecule has 0 aliphatic rings. The molecule has 0 unspecified atom stereocenters. The van der Waals surface area contributed by atoms with Gasteiger partial charge in [0.05, 0.1) is 17.6 Å². The van der Waals surface area contributed by atoms with Crippen molar-refractivity contribution in [2.24, 2.45) is 0 Å². The minimum Gasteiger partial charge on any atom is -0.465 e. The van der Waals surface area contributed by atoms with Gasteiger partial charge in [0.1, 0.15) is 0 Å². The highest BCUT2D eigenvalue weighted by atomic mass is 16.6. The lowest BCUT2D eigenvalue weighted by molar-refractivity contribution is -0.384. The van der Waals surface area contributed by atoms with Crippen LogP contribution in [-0.2, 0) is 9.53 Å². The summed E-state index contributed by atoms with van der Waals surface area (Å²) in [6.45, 7) is 3.36. The number of hydrogen-bond acceptors (Lipinski definition) is 5. The molecule has 7 heteroatoms. The normalized spacial score (nSPS) is 10.4. The minimum absolute atomic E-state index is 0.144. The molecule has 1 N–H and O–H groups in total. The second kappa shape index (κ2) is 7.18. The summed E-state index contributed by atoms with van der Waals surface area (Å²) in [5.74, 6) is -0.807. The Morgan fingerprint density at radius 2 is 2.10 bits per heavy atom. The first-order valence-electron chi connectivity index (χ1n) is 6.15. The molecule has 0 fully saturated rings. The van der Waals surface area contributed by atoms with Gasteiger partial charge in [-0.15, -0.1) is 0 Å². The number of carbonyl (C=O) groups excluding carboxylic acids is 2. The lowest BCUT2D eigenvalue weighted by atomic mass is 10.0. The molecule has 1 aromatic rings. The van der Waals surface area contributed by atoms with Crippen LogP contribution in [0.15, 0.2) is 18.2 Å². The van der Waals surface area contributed by atoms with Gasteiger partial charge in [-0.1, -0.05) is 12.2 Å². The van der Waals surface area contributed by atoms with Crippen molar-refractivity contribution in [3.63, 3.8) is 0 Å². The van der Waals surface area contributed by atoms with Gasteiger partial charge in [0.25, 0.3) is 5.69 Å². The van der Waals surface area contributed by atoms with Crippen molar-refractivity contribution in [1.82, 2.24) is 5.32 Å². The predicted octanol–water partition coefficient (Wildman–Crippen LogP) is 1.84. The van der Waals surface area contributed by atoms with Crippen LogP contribution in [0.5, 0.6) is 0 Å². The minimum atomic E-state index is -0.632. The maximum absolute atomic E-state index is 11.7. The van der Waals surface area contributed by atoms with Gasteiger partial charge in [-0.05, 0) is 18.1 Å². The van der Waals surface area contributed by atoms with Gasteiger partial charge < -0.3 is 10.1 Å². The van der Waals surface area contributed by atoms with Crippen molar-refractivity contribution >= 4 is 23.6 Å². The van der Waals surface area contributed by atoms with E-state index >= 15 is 0 Å². The summed E-state index contributed by atoms with van der Waals surface area (Å²) < 4.78 is 4.62. The molecular weight excluding hydrogens is 276 g/mol. The molecule has 0 aliphatic heterocycles. The summed E-state index contributed by atoms with van der Waals surface area (Å²) in [5, 5.41) is 13.5. The van der Waals surface area contributed by atoms with Crippen LogP contribution in [0.3, 0.4) is 0 Å². The van der Waals surface area contributed by atoms with Gasteiger partial charge in [0, 0.05) is 25.6 Å². The van der Waals surface area contributed by atoms with E-state index in [-0.39, 0.29) is 17.2 Å². The summed E-state index contributed by atoms with van der Waals surface area (Å²) in [4.78, 5) is 32.8. The first kappa shape index (κ1) is 16.4. The molecule has 0 heterocycles. The van der Waals surface area contributed by atoms with E-state index in [9.17, 15) is 19.7 Å². The predicted molar refractivity (Wildman–Crippen MR) is 76.9 cm³/mol. The van der Waals surface area contributed by atoms with Crippen molar-refractivity contribution < 1.29 is 19.2 Å². The first-order valence-corrected chi connectivity index (χ1v) is 6.15. The number of non-ortho nitro benzene ring substituents is 1. The number of nitrogens with one attached hydrogen (secondary N) is 1. The van der Waals surface area contributed by atoms with Gasteiger partial charge in [0.15, 0.2) is 0 Å². The fourth-order valence-electron chi connectivity index (χ4n) is 1.71. The van der Waals surface area contributed by atoms with E-state index < -0.39 is 10.9 Å². The molecule has 0 atom stereocenters. The molecule has 0 aromatic heterocycles. The standard InChI is InChI=1S/C14H16N2O5/c1-9-11(5-4-6-15-10(2)17)7-12(16(19)20)8-13(9)14(18)21-3/h4-5,7-8H,6H2,1-3H3,(H,15,17). The van der Waals surface area contributed by atoms with Gasteiger partial charge in [-0.2, -0.15) is 0 Å². The fourth-order valence-corrected chi connectivity index (χ4v) is 1.71. The highest BCUT2D eigenvalue weighted by Crippen LogP contribution is 2.24. The maximum Gasteiger partial charge on any atom is 0.338 e. The second-order valence-electron chi connectivity index (χ2n) is 4.30. The summed E-state index contributed by atoms with van der Waals surface area (Å²) in [6.07, 6.45) is 3.26. The number of amides is 1. The van der Waals surface area contributed by atoms with E-state index in [0.717, 1.165) is 0 Å². The van der Waals surface area contributed by atoms with Crippen molar-refractivity contribution in [3.05, 3.63) is 45.0 Å². The molecule has 0 saturated carbocycles. The topological polar surface area (TPSA) is 98.5 Å². The highest BCUT2D eigenvalue weighted by Gasteiger charge is 2.18. The zero-order valence-corrected chi connectivity index (χ0v) is 12.0. The largest absolute Gasteiger partial charge is 0.465 e. The SMILES string of the molecule is COC(=O)c1cc([N+](=O)[O-])cc(C=CCNC(C)=O)c1C. The van der Waals surface area contributed by atoms with Crippen LogP contribution in [0.4, 0.5) is 5.69 Å². The number of rotatable bonds is 5. The van der Waals surface area contributed by atoms with Crippen LogP contribution in [0.25, 0.3) is 6.08 Å². The molecule has 0 bridgehead atoms. The van der Waals surface area contributed by atoms with E-state index in [2.05, 4.69) is 10.1 Å². The molecule has 1 amide bonds. The fraction of sp³-hybridized carbons (Fsp3) is 0.286. The van der Waals surface area contributed by atoms with Crippen molar-refractivity contribution in [1.29, 1.82) is 0 Å². The van der Waals surface area contributed by atoms with Crippen LogP contribution < -0.4 is 5.32 Å². The van der Waals surface area contributed by atoms with Crippen LogP contribution in [0, 0.1) is 17.0 Å². The van der Waals surface area contributed by atoms with Gasteiger partial charge >= 0.3 is 5.97 Å². The number of nitro benzene ring substituents is 1. The van der Waals surface area contributed by atoms with Crippen LogP contribution in [0.2, 0.25) is 0 Å². The Kier molecular flexibility index (Phi) is 5.59. The molecule has 1 rings (SSSR count). The molecule has 1 aromatic carbocycles. The zero-order valence-electron chi connectivity index (χ0n) is 12.0. The molecule has 0 radical (unpaired) electrons. The van der Waals surface area contributed by atoms with Crippen LogP contribution in [0.1, 0.15) is 28.4 Å². The van der Waals surface area contributed by atoms with Crippen molar-refractivity contribution in [2.75, 3.05) is 13.7 Å². The Bertz CT molecular complexity index is 608. The number of methoxy groups -OCH3 is 1. The molecule has 21 heavy (non-hydrogen) atoms. The number of carbonyl (C=O) groups is 2. The summed E-state index contributed by atoms with van der Waals surface area (Å²) in [6, 6.07) is 2.55. The lowest BCUT2D eigenvalue weighted by Gasteiger charge is -2.07. The smallest absolute Gasteiger partial charge is 0.338 e. The number of nitrogens with zero attached hydrogens (tertiary/aromatic N) is 1. The van der Waals surface area contributed by atoms with E-state index in [4.69, 9.17) is 0 Å². The third kappa shape index (κ3) is 4.41. The third-order valence-corrected chi connectivity index (χ3v) is 2.82. The molecule has 112 valence electrons. The number of benzene rings is 1. The Hall–Kier alpha value is -2.70. The van der Waals surface area contributed by atoms with E-state index in [1.807, 2.05) is 0 Å². The summed E-state index contributed by atoms with van der Waals surface area (Å²) in [5.41, 5.74) is 1.05. The maximum atomic E-state index is 11.7. The second-order valence-corrected chi connectivity index (χ2v) is 4.30. The average molecular weight is 292 g/mol.